The maximum atomic E-state index is 12.7. The van der Waals surface area contributed by atoms with Gasteiger partial charge in [-0.15, -0.1) is 11.3 Å². The Bertz CT molecular complexity index is 1860. The Labute approximate surface area is 280 Å². The Morgan fingerprint density at radius 1 is 0.913 bits per heavy atom. The van der Waals surface area contributed by atoms with Crippen molar-refractivity contribution in [2.75, 3.05) is 23.8 Å². The number of carbonyl (C=O) groups excluding carboxylic acids is 2. The number of aryl methyl sites for hydroxylation is 1. The summed E-state index contributed by atoms with van der Waals surface area (Å²) in [5.74, 6) is 0.129. The summed E-state index contributed by atoms with van der Waals surface area (Å²) in [5, 5.41) is 14.0. The number of anilines is 3. The maximum absolute atomic E-state index is 12.7. The number of nitrogens with zero attached hydrogens (tertiary/aromatic N) is 2. The number of hydrogen-bond acceptors (Lipinski definition) is 8. The second kappa shape index (κ2) is 15.4. The van der Waals surface area contributed by atoms with Gasteiger partial charge in [0.25, 0.3) is 11.8 Å². The van der Waals surface area contributed by atoms with Gasteiger partial charge in [0.1, 0.15) is 0 Å². The van der Waals surface area contributed by atoms with Crippen molar-refractivity contribution in [3.63, 3.8) is 0 Å². The molecule has 0 saturated carbocycles. The monoisotopic (exact) mass is 673 g/mol. The lowest BCUT2D eigenvalue weighted by atomic mass is 10.1. The Morgan fingerprint density at radius 3 is 2.41 bits per heavy atom. The molecule has 2 amide bonds. The van der Waals surface area contributed by atoms with Gasteiger partial charge in [0.15, 0.2) is 23.2 Å². The predicted molar refractivity (Wildman–Crippen MR) is 185 cm³/mol. The Morgan fingerprint density at radius 2 is 1.67 bits per heavy atom. The van der Waals surface area contributed by atoms with Crippen LogP contribution in [0.2, 0.25) is 10.0 Å². The minimum absolute atomic E-state index is 0.224. The molecule has 5 aromatic rings. The molecule has 0 aliphatic carbocycles. The zero-order valence-electron chi connectivity index (χ0n) is 24.8. The molecule has 234 valence electrons. The van der Waals surface area contributed by atoms with E-state index in [2.05, 4.69) is 26.1 Å². The van der Waals surface area contributed by atoms with Crippen molar-refractivity contribution >= 4 is 69.1 Å². The van der Waals surface area contributed by atoms with E-state index in [-0.39, 0.29) is 18.4 Å². The molecule has 9 nitrogen and oxygen atoms in total. The molecular weight excluding hydrogens is 645 g/mol. The molecule has 0 saturated heterocycles. The zero-order chi connectivity index (χ0) is 32.5. The number of halogens is 2. The molecule has 0 spiro atoms. The van der Waals surface area contributed by atoms with Crippen molar-refractivity contribution in [3.8, 4) is 22.8 Å². The average molecular weight is 675 g/mol. The third-order valence-electron chi connectivity index (χ3n) is 6.50. The van der Waals surface area contributed by atoms with Gasteiger partial charge in [-0.1, -0.05) is 41.4 Å². The third-order valence-corrected chi connectivity index (χ3v) is 7.92. The van der Waals surface area contributed by atoms with Gasteiger partial charge in [-0.25, -0.2) is 10.4 Å². The van der Waals surface area contributed by atoms with Crippen LogP contribution >= 0.6 is 34.5 Å². The van der Waals surface area contributed by atoms with E-state index in [4.69, 9.17) is 32.7 Å². The summed E-state index contributed by atoms with van der Waals surface area (Å²) in [6.45, 7) is 3.89. The van der Waals surface area contributed by atoms with E-state index in [1.54, 1.807) is 42.5 Å². The fraction of sp³-hybridized carbons (Fsp3) is 0.118. The number of benzene rings is 4. The van der Waals surface area contributed by atoms with Gasteiger partial charge in [-0.2, -0.15) is 5.10 Å². The van der Waals surface area contributed by atoms with E-state index in [1.807, 2.05) is 61.7 Å². The van der Waals surface area contributed by atoms with Crippen LogP contribution in [0.1, 0.15) is 28.4 Å². The summed E-state index contributed by atoms with van der Waals surface area (Å²) >= 11 is 13.6. The van der Waals surface area contributed by atoms with Gasteiger partial charge >= 0.3 is 0 Å². The summed E-state index contributed by atoms with van der Waals surface area (Å²) in [6.07, 6.45) is 1.50. The summed E-state index contributed by atoms with van der Waals surface area (Å²) in [7, 11) is 0. The van der Waals surface area contributed by atoms with Crippen molar-refractivity contribution in [2.24, 2.45) is 5.10 Å². The summed E-state index contributed by atoms with van der Waals surface area (Å²) in [6, 6.07) is 24.9. The standard InChI is InChI=1S/C34H29Cl2N5O4S/c1-3-44-31-16-22(5-15-30(31)45-19-32(42)38-27-12-4-21(2)28(36)17-27)18-37-41-33(43)24-8-6-23(7-9-24)29-20-46-34(40-29)39-26-13-10-25(35)11-14-26/h4-18,20H,3,19H2,1-2H3,(H,38,42)(H,39,40)(H,41,43)/b37-18-. The van der Waals surface area contributed by atoms with Crippen molar-refractivity contribution in [1.82, 2.24) is 10.4 Å². The SMILES string of the molecule is CCOc1cc(/C=N\NC(=O)c2ccc(-c3csc(Nc4ccc(Cl)cc4)n3)cc2)ccc1OCC(=O)Nc1ccc(C)c(Cl)c1. The first-order valence-corrected chi connectivity index (χ1v) is 15.8. The second-order valence-electron chi connectivity index (χ2n) is 9.89. The molecule has 0 fully saturated rings. The largest absolute Gasteiger partial charge is 0.490 e. The molecule has 0 atom stereocenters. The van der Waals surface area contributed by atoms with Gasteiger partial charge in [0.2, 0.25) is 0 Å². The number of hydrazone groups is 1. The number of ether oxygens (including phenoxy) is 2. The number of rotatable bonds is 12. The molecule has 1 aromatic heterocycles. The molecular formula is C34H29Cl2N5O4S. The number of thiazole rings is 1. The highest BCUT2D eigenvalue weighted by Crippen LogP contribution is 2.29. The second-order valence-corrected chi connectivity index (χ2v) is 11.6. The molecule has 5 rings (SSSR count). The smallest absolute Gasteiger partial charge is 0.271 e. The number of carbonyl (C=O) groups is 2. The Hall–Kier alpha value is -4.90. The van der Waals surface area contributed by atoms with Crippen LogP contribution in [-0.4, -0.2) is 36.2 Å². The predicted octanol–water partition coefficient (Wildman–Crippen LogP) is 8.35. The lowest BCUT2D eigenvalue weighted by Gasteiger charge is -2.13. The Balaban J connectivity index is 1.14. The van der Waals surface area contributed by atoms with Crippen LogP contribution in [0.15, 0.2) is 95.4 Å². The van der Waals surface area contributed by atoms with Crippen LogP contribution in [0.4, 0.5) is 16.5 Å². The van der Waals surface area contributed by atoms with Crippen LogP contribution in [0.5, 0.6) is 11.5 Å². The molecule has 4 aromatic carbocycles. The van der Waals surface area contributed by atoms with Crippen molar-refractivity contribution < 1.29 is 19.1 Å². The molecule has 0 aliphatic rings. The quantitative estimate of drug-likeness (QED) is 0.0906. The van der Waals surface area contributed by atoms with Gasteiger partial charge in [-0.05, 0) is 91.7 Å². The fourth-order valence-corrected chi connectivity index (χ4v) is 5.19. The first kappa shape index (κ1) is 32.5. The number of nitrogens with one attached hydrogen (secondary N) is 3. The van der Waals surface area contributed by atoms with Crippen molar-refractivity contribution in [3.05, 3.63) is 117 Å². The van der Waals surface area contributed by atoms with Crippen LogP contribution in [0, 0.1) is 6.92 Å². The molecule has 0 bridgehead atoms. The van der Waals surface area contributed by atoms with E-state index in [9.17, 15) is 9.59 Å². The van der Waals surface area contributed by atoms with E-state index in [1.165, 1.54) is 17.6 Å². The minimum atomic E-state index is -0.364. The van der Waals surface area contributed by atoms with Crippen molar-refractivity contribution in [1.29, 1.82) is 0 Å². The number of hydrogen-bond donors (Lipinski definition) is 3. The third kappa shape index (κ3) is 8.85. The van der Waals surface area contributed by atoms with E-state index >= 15 is 0 Å². The maximum Gasteiger partial charge on any atom is 0.271 e. The van der Waals surface area contributed by atoms with Crippen LogP contribution in [0.3, 0.4) is 0 Å². The van der Waals surface area contributed by atoms with Gasteiger partial charge < -0.3 is 20.1 Å². The van der Waals surface area contributed by atoms with E-state index in [0.717, 1.165) is 27.6 Å². The summed E-state index contributed by atoms with van der Waals surface area (Å²) < 4.78 is 11.4. The van der Waals surface area contributed by atoms with Crippen LogP contribution < -0.4 is 25.5 Å². The molecule has 46 heavy (non-hydrogen) atoms. The highest BCUT2D eigenvalue weighted by molar-refractivity contribution is 7.14. The Kier molecular flexibility index (Phi) is 10.9. The lowest BCUT2D eigenvalue weighted by Crippen LogP contribution is -2.20. The summed E-state index contributed by atoms with van der Waals surface area (Å²) in [4.78, 5) is 29.7. The topological polar surface area (TPSA) is 114 Å². The molecule has 1 heterocycles. The van der Waals surface area contributed by atoms with Gasteiger partial charge in [0, 0.05) is 37.9 Å². The van der Waals surface area contributed by atoms with Crippen LogP contribution in [0.25, 0.3) is 11.3 Å². The van der Waals surface area contributed by atoms with Gasteiger partial charge in [-0.3, -0.25) is 9.59 Å². The molecule has 0 radical (unpaired) electrons. The highest BCUT2D eigenvalue weighted by Gasteiger charge is 2.11. The first-order valence-electron chi connectivity index (χ1n) is 14.1. The zero-order valence-corrected chi connectivity index (χ0v) is 27.2. The van der Waals surface area contributed by atoms with Gasteiger partial charge in [0.05, 0.1) is 18.5 Å². The van der Waals surface area contributed by atoms with E-state index < -0.39 is 0 Å². The molecule has 0 aliphatic heterocycles. The first-order chi connectivity index (χ1) is 22.3. The molecule has 0 unspecified atom stereocenters. The van der Waals surface area contributed by atoms with E-state index in [0.29, 0.717) is 45.0 Å². The summed E-state index contributed by atoms with van der Waals surface area (Å²) in [5.41, 5.74) is 7.71. The normalized spacial score (nSPS) is 10.9. The number of amides is 2. The van der Waals surface area contributed by atoms with Crippen molar-refractivity contribution in [2.45, 2.75) is 13.8 Å². The van der Waals surface area contributed by atoms with Crippen LogP contribution in [-0.2, 0) is 4.79 Å². The average Bonchev–Trinajstić information content (AvgIpc) is 3.52. The molecule has 3 N–H and O–H groups in total. The highest BCUT2D eigenvalue weighted by atomic mass is 35.5. The fourth-order valence-electron chi connectivity index (χ4n) is 4.15. The lowest BCUT2D eigenvalue weighted by molar-refractivity contribution is -0.118. The minimum Gasteiger partial charge on any atom is -0.490 e. The number of aromatic nitrogens is 1. The molecule has 12 heteroatoms.